The lowest BCUT2D eigenvalue weighted by molar-refractivity contribution is 0.0945. The highest BCUT2D eigenvalue weighted by molar-refractivity contribution is 5.92. The van der Waals surface area contributed by atoms with Gasteiger partial charge in [-0.2, -0.15) is 0 Å². The molecular formula is C18H15FN4O2. The summed E-state index contributed by atoms with van der Waals surface area (Å²) >= 11 is 0. The zero-order chi connectivity index (χ0) is 17.6. The molecule has 0 atom stereocenters. The Hall–Kier alpha value is -3.35. The highest BCUT2D eigenvalue weighted by Crippen LogP contribution is 2.21. The molecule has 0 unspecified atom stereocenters. The van der Waals surface area contributed by atoms with Gasteiger partial charge in [0.15, 0.2) is 0 Å². The maximum Gasteiger partial charge on any atom is 0.270 e. The quantitative estimate of drug-likeness (QED) is 0.774. The summed E-state index contributed by atoms with van der Waals surface area (Å²) in [4.78, 5) is 24.3. The van der Waals surface area contributed by atoms with Gasteiger partial charge in [0.2, 0.25) is 0 Å². The Morgan fingerprint density at radius 3 is 2.72 bits per heavy atom. The molecule has 126 valence electrons. The van der Waals surface area contributed by atoms with Gasteiger partial charge in [-0.1, -0.05) is 6.07 Å². The number of carbonyl (C=O) groups is 1. The fourth-order valence-corrected chi connectivity index (χ4v) is 2.11. The van der Waals surface area contributed by atoms with Gasteiger partial charge < -0.3 is 10.1 Å². The van der Waals surface area contributed by atoms with Crippen molar-refractivity contribution in [3.63, 3.8) is 0 Å². The molecule has 3 aromatic rings. The lowest BCUT2D eigenvalue weighted by Crippen LogP contribution is -2.24. The van der Waals surface area contributed by atoms with Crippen molar-refractivity contribution in [2.45, 2.75) is 13.5 Å². The number of carbonyl (C=O) groups excluding carboxylic acids is 1. The molecule has 1 amide bonds. The van der Waals surface area contributed by atoms with Crippen molar-refractivity contribution in [2.75, 3.05) is 0 Å². The molecule has 6 nitrogen and oxygen atoms in total. The van der Waals surface area contributed by atoms with Gasteiger partial charge >= 0.3 is 0 Å². The summed E-state index contributed by atoms with van der Waals surface area (Å²) in [5.74, 6) is 0.0571. The normalized spacial score (nSPS) is 10.3. The van der Waals surface area contributed by atoms with Crippen LogP contribution in [0.1, 0.15) is 21.9 Å². The second-order valence-electron chi connectivity index (χ2n) is 5.27. The van der Waals surface area contributed by atoms with Crippen molar-refractivity contribution in [2.24, 2.45) is 0 Å². The number of nitrogens with zero attached hydrogens (tertiary/aromatic N) is 3. The van der Waals surface area contributed by atoms with Crippen LogP contribution >= 0.6 is 0 Å². The first-order valence-corrected chi connectivity index (χ1v) is 7.55. The molecule has 0 radical (unpaired) electrons. The molecule has 0 aliphatic carbocycles. The van der Waals surface area contributed by atoms with Crippen LogP contribution in [0.2, 0.25) is 0 Å². The number of aryl methyl sites for hydroxylation is 1. The van der Waals surface area contributed by atoms with Crippen molar-refractivity contribution < 1.29 is 13.9 Å². The topological polar surface area (TPSA) is 77.0 Å². The largest absolute Gasteiger partial charge is 0.456 e. The minimum Gasteiger partial charge on any atom is -0.456 e. The van der Waals surface area contributed by atoms with Crippen LogP contribution in [0.3, 0.4) is 0 Å². The predicted molar refractivity (Wildman–Crippen MR) is 88.7 cm³/mol. The zero-order valence-corrected chi connectivity index (χ0v) is 13.4. The van der Waals surface area contributed by atoms with E-state index in [1.54, 1.807) is 24.3 Å². The van der Waals surface area contributed by atoms with Crippen LogP contribution in [-0.2, 0) is 6.54 Å². The van der Waals surface area contributed by atoms with E-state index in [4.69, 9.17) is 4.74 Å². The Labute approximate surface area is 143 Å². The summed E-state index contributed by atoms with van der Waals surface area (Å²) in [7, 11) is 0. The van der Waals surface area contributed by atoms with E-state index in [-0.39, 0.29) is 24.0 Å². The van der Waals surface area contributed by atoms with Crippen molar-refractivity contribution in [1.82, 2.24) is 20.3 Å². The van der Waals surface area contributed by atoms with Crippen molar-refractivity contribution >= 4 is 5.91 Å². The molecule has 1 N–H and O–H groups in total. The smallest absolute Gasteiger partial charge is 0.270 e. The molecule has 0 saturated heterocycles. The van der Waals surface area contributed by atoms with Gasteiger partial charge in [0, 0.05) is 11.8 Å². The average Bonchev–Trinajstić information content (AvgIpc) is 2.60. The predicted octanol–water partition coefficient (Wildman–Crippen LogP) is 3.04. The van der Waals surface area contributed by atoms with E-state index in [1.807, 2.05) is 6.92 Å². The first kappa shape index (κ1) is 16.5. The number of pyridine rings is 1. The molecule has 0 fully saturated rings. The van der Waals surface area contributed by atoms with Crippen LogP contribution in [0.5, 0.6) is 11.5 Å². The zero-order valence-electron chi connectivity index (χ0n) is 13.4. The molecule has 0 saturated carbocycles. The summed E-state index contributed by atoms with van der Waals surface area (Å²) in [5.41, 5.74) is 1.79. The Morgan fingerprint density at radius 2 is 2.00 bits per heavy atom. The van der Waals surface area contributed by atoms with Crippen molar-refractivity contribution in [3.05, 3.63) is 77.9 Å². The summed E-state index contributed by atoms with van der Waals surface area (Å²) in [5, 5.41) is 2.74. The number of hydrogen-bond acceptors (Lipinski definition) is 5. The van der Waals surface area contributed by atoms with Gasteiger partial charge in [-0.25, -0.2) is 19.3 Å². The van der Waals surface area contributed by atoms with Crippen LogP contribution < -0.4 is 10.1 Å². The van der Waals surface area contributed by atoms with Crippen LogP contribution in [0.4, 0.5) is 4.39 Å². The van der Waals surface area contributed by atoms with Gasteiger partial charge in [-0.15, -0.1) is 0 Å². The summed E-state index contributed by atoms with van der Waals surface area (Å²) in [6, 6.07) is 10.7. The average molecular weight is 338 g/mol. The van der Waals surface area contributed by atoms with Crippen LogP contribution in [0.15, 0.2) is 55.0 Å². The second-order valence-corrected chi connectivity index (χ2v) is 5.27. The Bertz CT molecular complexity index is 884. The Balaban J connectivity index is 1.60. The lowest BCUT2D eigenvalue weighted by Gasteiger charge is -2.07. The summed E-state index contributed by atoms with van der Waals surface area (Å²) in [6.45, 7) is 2.14. The number of hydrogen-bond donors (Lipinski definition) is 1. The van der Waals surface area contributed by atoms with E-state index >= 15 is 0 Å². The standard InChI is InChI=1S/C18H15FN4O2/c1-12-7-14(23-11-22-12)9-21-18(24)17-6-5-16(10-20-17)25-15-4-2-3-13(19)8-15/h2-8,10-11H,9H2,1H3,(H,21,24). The maximum absolute atomic E-state index is 13.1. The number of ether oxygens (including phenoxy) is 1. The molecule has 1 aromatic carbocycles. The number of benzene rings is 1. The molecule has 0 bridgehead atoms. The number of nitrogens with one attached hydrogen (secondary N) is 1. The number of aromatic nitrogens is 3. The number of halogens is 1. The molecule has 25 heavy (non-hydrogen) atoms. The first-order chi connectivity index (χ1) is 12.1. The van der Waals surface area contributed by atoms with Gasteiger partial charge in [-0.05, 0) is 37.3 Å². The van der Waals surface area contributed by atoms with E-state index < -0.39 is 0 Å². The fraction of sp³-hybridized carbons (Fsp3) is 0.111. The lowest BCUT2D eigenvalue weighted by atomic mass is 10.3. The van der Waals surface area contributed by atoms with Gasteiger partial charge in [0.05, 0.1) is 18.4 Å². The molecule has 2 heterocycles. The van der Waals surface area contributed by atoms with Crippen molar-refractivity contribution in [1.29, 1.82) is 0 Å². The SMILES string of the molecule is Cc1cc(CNC(=O)c2ccc(Oc3cccc(F)c3)cn2)ncn1. The van der Waals surface area contributed by atoms with Crippen LogP contribution in [0.25, 0.3) is 0 Å². The van der Waals surface area contributed by atoms with Crippen molar-refractivity contribution in [3.8, 4) is 11.5 Å². The van der Waals surface area contributed by atoms with E-state index in [1.165, 1.54) is 30.7 Å². The van der Waals surface area contributed by atoms with E-state index in [0.717, 1.165) is 5.69 Å². The number of amides is 1. The molecule has 2 aromatic heterocycles. The third-order valence-electron chi connectivity index (χ3n) is 3.29. The Kier molecular flexibility index (Phi) is 4.94. The minimum absolute atomic E-state index is 0.248. The second kappa shape index (κ2) is 7.48. The van der Waals surface area contributed by atoms with E-state index in [0.29, 0.717) is 17.2 Å². The van der Waals surface area contributed by atoms with Gasteiger partial charge in [-0.3, -0.25) is 4.79 Å². The van der Waals surface area contributed by atoms with E-state index in [2.05, 4.69) is 20.3 Å². The number of rotatable bonds is 5. The molecule has 0 aliphatic heterocycles. The first-order valence-electron chi connectivity index (χ1n) is 7.55. The molecule has 7 heteroatoms. The van der Waals surface area contributed by atoms with Crippen LogP contribution in [0, 0.1) is 12.7 Å². The third kappa shape index (κ3) is 4.57. The molecule has 0 aliphatic rings. The molecule has 3 rings (SSSR count). The van der Waals surface area contributed by atoms with E-state index in [9.17, 15) is 9.18 Å². The monoisotopic (exact) mass is 338 g/mol. The Morgan fingerprint density at radius 1 is 1.12 bits per heavy atom. The highest BCUT2D eigenvalue weighted by atomic mass is 19.1. The van der Waals surface area contributed by atoms with Gasteiger partial charge in [0.1, 0.15) is 29.3 Å². The van der Waals surface area contributed by atoms with Crippen LogP contribution in [-0.4, -0.2) is 20.9 Å². The molecule has 0 spiro atoms. The summed E-state index contributed by atoms with van der Waals surface area (Å²) < 4.78 is 18.6. The third-order valence-corrected chi connectivity index (χ3v) is 3.29. The molecular weight excluding hydrogens is 323 g/mol. The minimum atomic E-state index is -0.388. The van der Waals surface area contributed by atoms with Gasteiger partial charge in [0.25, 0.3) is 5.91 Å². The summed E-state index contributed by atoms with van der Waals surface area (Å²) in [6.07, 6.45) is 2.86. The fourth-order valence-electron chi connectivity index (χ4n) is 2.11. The highest BCUT2D eigenvalue weighted by Gasteiger charge is 2.08. The maximum atomic E-state index is 13.1.